The van der Waals surface area contributed by atoms with Gasteiger partial charge in [-0.05, 0) is 25.1 Å². The quantitative estimate of drug-likeness (QED) is 0.694. The monoisotopic (exact) mass is 308 g/mol. The third kappa shape index (κ3) is 2.30. The van der Waals surface area contributed by atoms with Gasteiger partial charge in [0.1, 0.15) is 5.82 Å². The van der Waals surface area contributed by atoms with Gasteiger partial charge in [-0.2, -0.15) is 5.10 Å². The van der Waals surface area contributed by atoms with Crippen LogP contribution in [-0.2, 0) is 19.5 Å². The van der Waals surface area contributed by atoms with Crippen LogP contribution in [0.2, 0.25) is 5.02 Å². The van der Waals surface area contributed by atoms with Crippen molar-refractivity contribution >= 4 is 34.2 Å². The van der Waals surface area contributed by atoms with Crippen molar-refractivity contribution < 1.29 is 0 Å². The summed E-state index contributed by atoms with van der Waals surface area (Å²) in [5.41, 5.74) is 4.07. The molecule has 0 saturated heterocycles. The molecule has 0 aliphatic heterocycles. The predicted molar refractivity (Wildman–Crippen MR) is 81.3 cm³/mol. The van der Waals surface area contributed by atoms with Gasteiger partial charge in [-0.25, -0.2) is 4.98 Å². The van der Waals surface area contributed by atoms with E-state index in [0.29, 0.717) is 17.4 Å². The van der Waals surface area contributed by atoms with E-state index in [1.807, 2.05) is 43.0 Å². The van der Waals surface area contributed by atoms with Gasteiger partial charge in [-0.1, -0.05) is 11.6 Å². The van der Waals surface area contributed by atoms with Crippen LogP contribution in [-0.4, -0.2) is 19.3 Å². The maximum absolute atomic E-state index is 6.09. The number of benzene rings is 1. The van der Waals surface area contributed by atoms with E-state index in [9.17, 15) is 0 Å². The number of rotatable bonds is 3. The highest BCUT2D eigenvalue weighted by atomic mass is 35.5. The molecule has 3 rings (SSSR count). The minimum Gasteiger partial charge on any atom is -0.322 e. The molecule has 20 heavy (non-hydrogen) atoms. The van der Waals surface area contributed by atoms with E-state index in [1.165, 1.54) is 0 Å². The first kappa shape index (κ1) is 13.5. The highest BCUT2D eigenvalue weighted by Gasteiger charge is 2.13. The largest absolute Gasteiger partial charge is 0.322 e. The van der Waals surface area contributed by atoms with E-state index in [-0.39, 0.29) is 0 Å². The molecule has 3 aromatic rings. The summed E-state index contributed by atoms with van der Waals surface area (Å²) < 4.78 is 3.91. The van der Waals surface area contributed by atoms with Gasteiger partial charge in [-0.15, -0.1) is 11.6 Å². The Balaban J connectivity index is 2.13. The molecule has 0 atom stereocenters. The number of imidazole rings is 1. The van der Waals surface area contributed by atoms with Crippen LogP contribution in [0.15, 0.2) is 24.4 Å². The molecular weight excluding hydrogens is 295 g/mol. The standard InChI is InChI=1S/C14H14Cl2N4/c1-9-10(7-19(2)18-9)8-20-13-5-11(16)3-4-12(13)17-14(20)6-15/h3-5,7H,6,8H2,1-2H3. The minimum absolute atomic E-state index is 0.367. The average molecular weight is 309 g/mol. The van der Waals surface area contributed by atoms with Gasteiger partial charge in [0.05, 0.1) is 29.2 Å². The summed E-state index contributed by atoms with van der Waals surface area (Å²) >= 11 is 12.1. The number of halogens is 2. The molecular formula is C14H14Cl2N4. The van der Waals surface area contributed by atoms with Crippen molar-refractivity contribution in [2.24, 2.45) is 7.05 Å². The molecule has 0 bridgehead atoms. The number of aromatic nitrogens is 4. The molecule has 2 heterocycles. The average Bonchev–Trinajstić information content (AvgIpc) is 2.91. The van der Waals surface area contributed by atoms with Gasteiger partial charge in [0.2, 0.25) is 0 Å². The summed E-state index contributed by atoms with van der Waals surface area (Å²) in [6.07, 6.45) is 2.02. The lowest BCUT2D eigenvalue weighted by atomic mass is 10.2. The first-order valence-electron chi connectivity index (χ1n) is 6.28. The number of nitrogens with zero attached hydrogens (tertiary/aromatic N) is 4. The Morgan fingerprint density at radius 3 is 2.75 bits per heavy atom. The molecule has 1 aromatic carbocycles. The second kappa shape index (κ2) is 5.11. The first-order chi connectivity index (χ1) is 9.58. The zero-order chi connectivity index (χ0) is 14.3. The molecule has 4 nitrogen and oxygen atoms in total. The topological polar surface area (TPSA) is 35.6 Å². The van der Waals surface area contributed by atoms with E-state index in [1.54, 1.807) is 0 Å². The molecule has 6 heteroatoms. The summed E-state index contributed by atoms with van der Waals surface area (Å²) in [5, 5.41) is 5.07. The molecule has 2 aromatic heterocycles. The number of alkyl halides is 1. The zero-order valence-electron chi connectivity index (χ0n) is 11.3. The molecule has 0 radical (unpaired) electrons. The van der Waals surface area contributed by atoms with Crippen LogP contribution in [0.4, 0.5) is 0 Å². The van der Waals surface area contributed by atoms with Crippen LogP contribution in [0, 0.1) is 6.92 Å². The van der Waals surface area contributed by atoms with E-state index in [4.69, 9.17) is 23.2 Å². The maximum atomic E-state index is 6.09. The Hall–Kier alpha value is -1.52. The Kier molecular flexibility index (Phi) is 3.44. The lowest BCUT2D eigenvalue weighted by Gasteiger charge is -2.07. The van der Waals surface area contributed by atoms with Gasteiger partial charge < -0.3 is 4.57 Å². The molecule has 0 N–H and O–H groups in total. The first-order valence-corrected chi connectivity index (χ1v) is 7.19. The number of aryl methyl sites for hydroxylation is 2. The highest BCUT2D eigenvalue weighted by Crippen LogP contribution is 2.23. The summed E-state index contributed by atoms with van der Waals surface area (Å²) in [6.45, 7) is 2.69. The fourth-order valence-electron chi connectivity index (χ4n) is 2.40. The Bertz CT molecular complexity index is 773. The van der Waals surface area contributed by atoms with Gasteiger partial charge >= 0.3 is 0 Å². The summed E-state index contributed by atoms with van der Waals surface area (Å²) in [5.74, 6) is 1.21. The van der Waals surface area contributed by atoms with Crippen LogP contribution in [0.5, 0.6) is 0 Å². The molecule has 0 saturated carbocycles. The Labute approximate surface area is 126 Å². The van der Waals surface area contributed by atoms with E-state index in [2.05, 4.69) is 14.6 Å². The lowest BCUT2D eigenvalue weighted by molar-refractivity contribution is 0.754. The fraction of sp³-hybridized carbons (Fsp3) is 0.286. The molecule has 0 fully saturated rings. The van der Waals surface area contributed by atoms with Gasteiger partial charge in [0.15, 0.2) is 0 Å². The van der Waals surface area contributed by atoms with Gasteiger partial charge in [0, 0.05) is 23.8 Å². The molecule has 0 aliphatic rings. The second-order valence-electron chi connectivity index (χ2n) is 4.79. The van der Waals surface area contributed by atoms with Crippen LogP contribution in [0.3, 0.4) is 0 Å². The Morgan fingerprint density at radius 1 is 1.30 bits per heavy atom. The van der Waals surface area contributed by atoms with E-state index >= 15 is 0 Å². The summed E-state index contributed by atoms with van der Waals surface area (Å²) in [4.78, 5) is 4.55. The lowest BCUT2D eigenvalue weighted by Crippen LogP contribution is -2.04. The third-order valence-corrected chi connectivity index (χ3v) is 3.83. The fourth-order valence-corrected chi connectivity index (χ4v) is 2.77. The van der Waals surface area contributed by atoms with E-state index in [0.717, 1.165) is 28.1 Å². The molecule has 0 unspecified atom stereocenters. The Morgan fingerprint density at radius 2 is 2.10 bits per heavy atom. The predicted octanol–water partition coefficient (Wildman–Crippen LogP) is 3.52. The minimum atomic E-state index is 0.367. The smallest absolute Gasteiger partial charge is 0.125 e. The molecule has 0 aliphatic carbocycles. The normalized spacial score (nSPS) is 11.4. The maximum Gasteiger partial charge on any atom is 0.125 e. The SMILES string of the molecule is Cc1nn(C)cc1Cn1c(CCl)nc2ccc(Cl)cc21. The number of fused-ring (bicyclic) bond motifs is 1. The van der Waals surface area contributed by atoms with Crippen molar-refractivity contribution in [1.29, 1.82) is 0 Å². The number of hydrogen-bond donors (Lipinski definition) is 0. The van der Waals surface area contributed by atoms with Crippen molar-refractivity contribution in [3.63, 3.8) is 0 Å². The van der Waals surface area contributed by atoms with Crippen molar-refractivity contribution in [1.82, 2.24) is 19.3 Å². The van der Waals surface area contributed by atoms with Crippen molar-refractivity contribution in [3.05, 3.63) is 46.5 Å². The van der Waals surface area contributed by atoms with Crippen LogP contribution >= 0.6 is 23.2 Å². The summed E-state index contributed by atoms with van der Waals surface area (Å²) in [7, 11) is 1.92. The second-order valence-corrected chi connectivity index (χ2v) is 5.50. The number of hydrogen-bond acceptors (Lipinski definition) is 2. The summed E-state index contributed by atoms with van der Waals surface area (Å²) in [6, 6.07) is 5.68. The van der Waals surface area contributed by atoms with Gasteiger partial charge in [-0.3, -0.25) is 4.68 Å². The third-order valence-electron chi connectivity index (χ3n) is 3.35. The van der Waals surface area contributed by atoms with E-state index < -0.39 is 0 Å². The molecule has 104 valence electrons. The zero-order valence-corrected chi connectivity index (χ0v) is 12.8. The molecule has 0 spiro atoms. The van der Waals surface area contributed by atoms with Gasteiger partial charge in [0.25, 0.3) is 0 Å². The van der Waals surface area contributed by atoms with Crippen LogP contribution in [0.25, 0.3) is 11.0 Å². The van der Waals surface area contributed by atoms with Crippen molar-refractivity contribution in [3.8, 4) is 0 Å². The van der Waals surface area contributed by atoms with Crippen LogP contribution < -0.4 is 0 Å². The van der Waals surface area contributed by atoms with Crippen LogP contribution in [0.1, 0.15) is 17.1 Å². The van der Waals surface area contributed by atoms with Crippen molar-refractivity contribution in [2.75, 3.05) is 0 Å². The molecule has 0 amide bonds. The van der Waals surface area contributed by atoms with Crippen molar-refractivity contribution in [2.45, 2.75) is 19.3 Å². The highest BCUT2D eigenvalue weighted by molar-refractivity contribution is 6.31.